The first-order valence-corrected chi connectivity index (χ1v) is 5.57. The molecule has 4 nitrogen and oxygen atoms in total. The monoisotopic (exact) mass is 221 g/mol. The quantitative estimate of drug-likeness (QED) is 0.844. The summed E-state index contributed by atoms with van der Waals surface area (Å²) in [7, 11) is 0. The van der Waals surface area contributed by atoms with Gasteiger partial charge in [-0.05, 0) is 24.8 Å². The van der Waals surface area contributed by atoms with Crippen LogP contribution in [-0.2, 0) is 4.79 Å². The third-order valence-electron chi connectivity index (χ3n) is 3.26. The van der Waals surface area contributed by atoms with Crippen LogP contribution in [0.3, 0.4) is 0 Å². The minimum absolute atomic E-state index is 0.0372. The Hall–Kier alpha value is -1.58. The highest BCUT2D eigenvalue weighted by Gasteiger charge is 2.30. The van der Waals surface area contributed by atoms with Crippen molar-refractivity contribution >= 4 is 5.97 Å². The van der Waals surface area contributed by atoms with Crippen molar-refractivity contribution in [3.63, 3.8) is 0 Å². The van der Waals surface area contributed by atoms with Crippen LogP contribution in [0.25, 0.3) is 0 Å². The third-order valence-corrected chi connectivity index (χ3v) is 3.26. The molecule has 1 aromatic heterocycles. The second-order valence-corrected chi connectivity index (χ2v) is 4.30. The molecule has 0 aromatic carbocycles. The van der Waals surface area contributed by atoms with Gasteiger partial charge in [-0.2, -0.15) is 0 Å². The molecule has 1 fully saturated rings. The lowest BCUT2D eigenvalue weighted by molar-refractivity contribution is -0.138. The van der Waals surface area contributed by atoms with Crippen molar-refractivity contribution in [2.45, 2.75) is 31.7 Å². The molecule has 1 saturated carbocycles. The number of carboxylic acid groups (broad SMARTS) is 1. The van der Waals surface area contributed by atoms with E-state index in [-0.39, 0.29) is 23.9 Å². The van der Waals surface area contributed by atoms with Crippen LogP contribution in [0.4, 0.5) is 0 Å². The number of aromatic nitrogens is 1. The number of carboxylic acids is 1. The molecule has 16 heavy (non-hydrogen) atoms. The van der Waals surface area contributed by atoms with Gasteiger partial charge in [-0.15, -0.1) is 0 Å². The first-order chi connectivity index (χ1) is 7.68. The Labute approximate surface area is 93.5 Å². The second-order valence-electron chi connectivity index (χ2n) is 4.30. The lowest BCUT2D eigenvalue weighted by atomic mass is 9.99. The van der Waals surface area contributed by atoms with Crippen LogP contribution in [0.1, 0.15) is 31.7 Å². The molecule has 1 N–H and O–H groups in total. The number of nitrogens with zero attached hydrogens (tertiary/aromatic N) is 1. The summed E-state index contributed by atoms with van der Waals surface area (Å²) < 4.78 is 1.68. The summed E-state index contributed by atoms with van der Waals surface area (Å²) >= 11 is 0. The topological polar surface area (TPSA) is 59.3 Å². The first-order valence-electron chi connectivity index (χ1n) is 5.57. The van der Waals surface area contributed by atoms with Gasteiger partial charge in [0.15, 0.2) is 0 Å². The molecule has 0 saturated heterocycles. The zero-order chi connectivity index (χ0) is 11.5. The van der Waals surface area contributed by atoms with Crippen molar-refractivity contribution in [2.24, 2.45) is 5.92 Å². The highest BCUT2D eigenvalue weighted by atomic mass is 16.4. The van der Waals surface area contributed by atoms with Gasteiger partial charge < -0.3 is 9.67 Å². The lowest BCUT2D eigenvalue weighted by Crippen LogP contribution is -2.26. The molecule has 0 amide bonds. The minimum atomic E-state index is -0.777. The summed E-state index contributed by atoms with van der Waals surface area (Å²) in [6, 6.07) is 5.11. The van der Waals surface area contributed by atoms with Crippen molar-refractivity contribution in [3.05, 3.63) is 34.7 Å². The summed E-state index contributed by atoms with van der Waals surface area (Å²) in [4.78, 5) is 22.4. The maximum Gasteiger partial charge on any atom is 0.303 e. The van der Waals surface area contributed by atoms with Crippen molar-refractivity contribution < 1.29 is 9.90 Å². The van der Waals surface area contributed by atoms with Crippen molar-refractivity contribution in [1.82, 2.24) is 4.57 Å². The highest BCUT2D eigenvalue weighted by molar-refractivity contribution is 5.67. The van der Waals surface area contributed by atoms with Gasteiger partial charge in [0.05, 0.1) is 6.42 Å². The second kappa shape index (κ2) is 4.51. The van der Waals surface area contributed by atoms with E-state index in [4.69, 9.17) is 5.11 Å². The molecule has 1 aromatic rings. The van der Waals surface area contributed by atoms with E-state index in [1.165, 1.54) is 6.07 Å². The summed E-state index contributed by atoms with van der Waals surface area (Å²) in [5.41, 5.74) is -0.0372. The van der Waals surface area contributed by atoms with Gasteiger partial charge in [-0.3, -0.25) is 9.59 Å². The normalized spacial score (nSPS) is 24.5. The van der Waals surface area contributed by atoms with Crippen LogP contribution >= 0.6 is 0 Å². The van der Waals surface area contributed by atoms with E-state index in [9.17, 15) is 9.59 Å². The van der Waals surface area contributed by atoms with Gasteiger partial charge in [-0.25, -0.2) is 0 Å². The Morgan fingerprint density at radius 2 is 2.25 bits per heavy atom. The largest absolute Gasteiger partial charge is 0.481 e. The smallest absolute Gasteiger partial charge is 0.303 e. The third kappa shape index (κ3) is 2.15. The maximum atomic E-state index is 11.7. The number of carbonyl (C=O) groups is 1. The number of pyridine rings is 1. The fourth-order valence-corrected chi connectivity index (χ4v) is 2.56. The van der Waals surface area contributed by atoms with E-state index < -0.39 is 5.97 Å². The number of rotatable bonds is 3. The van der Waals surface area contributed by atoms with Gasteiger partial charge in [-0.1, -0.05) is 12.5 Å². The number of hydrogen-bond donors (Lipinski definition) is 1. The fraction of sp³-hybridized carbons (Fsp3) is 0.500. The van der Waals surface area contributed by atoms with Gasteiger partial charge in [0, 0.05) is 18.3 Å². The van der Waals surface area contributed by atoms with Gasteiger partial charge in [0.1, 0.15) is 0 Å². The molecule has 0 radical (unpaired) electrons. The first kappa shape index (κ1) is 10.9. The summed E-state index contributed by atoms with van der Waals surface area (Å²) in [5.74, 6) is -0.682. The van der Waals surface area contributed by atoms with Crippen LogP contribution in [0, 0.1) is 5.92 Å². The summed E-state index contributed by atoms with van der Waals surface area (Å²) in [5, 5.41) is 8.82. The molecule has 86 valence electrons. The van der Waals surface area contributed by atoms with Crippen molar-refractivity contribution in [1.29, 1.82) is 0 Å². The van der Waals surface area contributed by atoms with E-state index in [2.05, 4.69) is 0 Å². The van der Waals surface area contributed by atoms with E-state index in [0.29, 0.717) is 0 Å². The summed E-state index contributed by atoms with van der Waals surface area (Å²) in [6.45, 7) is 0. The van der Waals surface area contributed by atoms with Crippen LogP contribution in [-0.4, -0.2) is 15.6 Å². The predicted octanol–water partition coefficient (Wildman–Crippen LogP) is 1.66. The predicted molar refractivity (Wildman–Crippen MR) is 59.3 cm³/mol. The zero-order valence-electron chi connectivity index (χ0n) is 9.00. The lowest BCUT2D eigenvalue weighted by Gasteiger charge is -2.20. The molecule has 1 aliphatic carbocycles. The molecule has 0 aliphatic heterocycles. The van der Waals surface area contributed by atoms with Gasteiger partial charge >= 0.3 is 5.97 Å². The van der Waals surface area contributed by atoms with E-state index >= 15 is 0 Å². The average Bonchev–Trinajstić information content (AvgIpc) is 2.66. The highest BCUT2D eigenvalue weighted by Crippen LogP contribution is 2.36. The summed E-state index contributed by atoms with van der Waals surface area (Å²) in [6.07, 6.45) is 4.73. The van der Waals surface area contributed by atoms with Crippen LogP contribution in [0.15, 0.2) is 29.2 Å². The SMILES string of the molecule is O=C(O)CC1CCCC1n1ccccc1=O. The Bertz CT molecular complexity index is 438. The maximum absolute atomic E-state index is 11.7. The van der Waals surface area contributed by atoms with Gasteiger partial charge in [0.2, 0.25) is 0 Å². The Morgan fingerprint density at radius 3 is 2.94 bits per heavy atom. The Kier molecular flexibility index (Phi) is 3.08. The molecule has 2 unspecified atom stereocenters. The minimum Gasteiger partial charge on any atom is -0.481 e. The molecule has 0 bridgehead atoms. The molecule has 2 atom stereocenters. The molecular formula is C12H15NO3. The van der Waals surface area contributed by atoms with E-state index in [0.717, 1.165) is 19.3 Å². The molecule has 1 aliphatic rings. The Balaban J connectivity index is 2.23. The molecule has 4 heteroatoms. The van der Waals surface area contributed by atoms with Crippen molar-refractivity contribution in [2.75, 3.05) is 0 Å². The van der Waals surface area contributed by atoms with Crippen molar-refractivity contribution in [3.8, 4) is 0 Å². The zero-order valence-corrected chi connectivity index (χ0v) is 9.00. The van der Waals surface area contributed by atoms with Gasteiger partial charge in [0.25, 0.3) is 5.56 Å². The Morgan fingerprint density at radius 1 is 1.44 bits per heavy atom. The molecule has 1 heterocycles. The molecule has 2 rings (SSSR count). The molecular weight excluding hydrogens is 206 g/mol. The number of aliphatic carboxylic acids is 1. The fourth-order valence-electron chi connectivity index (χ4n) is 2.56. The standard InChI is InChI=1S/C12H15NO3/c14-11-6-1-2-7-13(11)10-5-3-4-9(10)8-12(15)16/h1-2,6-7,9-10H,3-5,8H2,(H,15,16). The van der Waals surface area contributed by atoms with Crippen LogP contribution in [0.5, 0.6) is 0 Å². The molecule has 0 spiro atoms. The van der Waals surface area contributed by atoms with Crippen LogP contribution < -0.4 is 5.56 Å². The van der Waals surface area contributed by atoms with Crippen LogP contribution in [0.2, 0.25) is 0 Å². The average molecular weight is 221 g/mol. The number of hydrogen-bond acceptors (Lipinski definition) is 2. The van der Waals surface area contributed by atoms with E-state index in [1.54, 1.807) is 16.8 Å². The van der Waals surface area contributed by atoms with E-state index in [1.807, 2.05) is 6.07 Å².